The molecule has 1 fully saturated rings. The summed E-state index contributed by atoms with van der Waals surface area (Å²) in [7, 11) is 1.79. The van der Waals surface area contributed by atoms with Gasteiger partial charge in [0.2, 0.25) is 0 Å². The predicted molar refractivity (Wildman–Crippen MR) is 73.4 cm³/mol. The Morgan fingerprint density at radius 3 is 2.82 bits per heavy atom. The third-order valence-electron chi connectivity index (χ3n) is 4.30. The van der Waals surface area contributed by atoms with E-state index in [-0.39, 0.29) is 5.54 Å². The molecular weight excluding hydrogens is 212 g/mol. The van der Waals surface area contributed by atoms with Gasteiger partial charge in [-0.25, -0.2) is 0 Å². The van der Waals surface area contributed by atoms with Gasteiger partial charge in [0.1, 0.15) is 0 Å². The number of rotatable bonds is 5. The molecule has 1 saturated heterocycles. The molecule has 0 bridgehead atoms. The third kappa shape index (κ3) is 4.23. The molecule has 3 unspecified atom stereocenters. The van der Waals surface area contributed by atoms with E-state index in [2.05, 4.69) is 37.9 Å². The number of hydrogen-bond donors (Lipinski definition) is 1. The van der Waals surface area contributed by atoms with Gasteiger partial charge in [-0.3, -0.25) is 4.90 Å². The van der Waals surface area contributed by atoms with Crippen molar-refractivity contribution in [3.8, 4) is 0 Å². The highest BCUT2D eigenvalue weighted by atomic mass is 16.5. The van der Waals surface area contributed by atoms with Crippen LogP contribution in [0.1, 0.15) is 47.0 Å². The molecule has 1 heterocycles. The second kappa shape index (κ2) is 6.72. The van der Waals surface area contributed by atoms with Crippen molar-refractivity contribution in [1.29, 1.82) is 0 Å². The zero-order valence-corrected chi connectivity index (χ0v) is 12.3. The maximum Gasteiger partial charge on any atom is 0.0477 e. The molecule has 0 spiro atoms. The fourth-order valence-corrected chi connectivity index (χ4v) is 2.64. The predicted octanol–water partition coefficient (Wildman–Crippen LogP) is 2.26. The van der Waals surface area contributed by atoms with Crippen LogP contribution in [0.15, 0.2) is 0 Å². The van der Waals surface area contributed by atoms with Crippen LogP contribution in [-0.4, -0.2) is 49.3 Å². The summed E-state index contributed by atoms with van der Waals surface area (Å²) in [6.45, 7) is 12.5. The third-order valence-corrected chi connectivity index (χ3v) is 4.30. The lowest BCUT2D eigenvalue weighted by atomic mass is 9.97. The SMILES string of the molecule is CCC1(C)CN(C(C)CCOC)C(C)CCN1. The highest BCUT2D eigenvalue weighted by Gasteiger charge is 2.32. The first-order valence-electron chi connectivity index (χ1n) is 7.02. The van der Waals surface area contributed by atoms with Gasteiger partial charge in [0.15, 0.2) is 0 Å². The molecule has 0 aromatic heterocycles. The van der Waals surface area contributed by atoms with Gasteiger partial charge < -0.3 is 10.1 Å². The molecule has 3 nitrogen and oxygen atoms in total. The summed E-state index contributed by atoms with van der Waals surface area (Å²) in [6, 6.07) is 1.28. The van der Waals surface area contributed by atoms with Gasteiger partial charge in [0, 0.05) is 37.9 Å². The van der Waals surface area contributed by atoms with E-state index in [4.69, 9.17) is 4.74 Å². The molecule has 1 rings (SSSR count). The molecule has 0 aromatic carbocycles. The molecule has 1 aliphatic rings. The maximum absolute atomic E-state index is 5.21. The van der Waals surface area contributed by atoms with Crippen LogP contribution in [0.2, 0.25) is 0 Å². The number of methoxy groups -OCH3 is 1. The number of hydrogen-bond acceptors (Lipinski definition) is 3. The van der Waals surface area contributed by atoms with E-state index in [9.17, 15) is 0 Å². The van der Waals surface area contributed by atoms with Gasteiger partial charge in [0.05, 0.1) is 0 Å². The average Bonchev–Trinajstić information content (AvgIpc) is 2.47. The van der Waals surface area contributed by atoms with Crippen LogP contribution in [0.3, 0.4) is 0 Å². The van der Waals surface area contributed by atoms with E-state index in [0.29, 0.717) is 12.1 Å². The van der Waals surface area contributed by atoms with Gasteiger partial charge in [-0.15, -0.1) is 0 Å². The van der Waals surface area contributed by atoms with Gasteiger partial charge in [-0.2, -0.15) is 0 Å². The Morgan fingerprint density at radius 2 is 2.24 bits per heavy atom. The molecular formula is C14H30N2O. The molecule has 0 amide bonds. The van der Waals surface area contributed by atoms with E-state index in [0.717, 1.165) is 26.1 Å². The van der Waals surface area contributed by atoms with Crippen LogP contribution >= 0.6 is 0 Å². The lowest BCUT2D eigenvalue weighted by Gasteiger charge is -2.38. The van der Waals surface area contributed by atoms with Crippen molar-refractivity contribution in [3.63, 3.8) is 0 Å². The summed E-state index contributed by atoms with van der Waals surface area (Å²) in [5.74, 6) is 0. The van der Waals surface area contributed by atoms with Crippen LogP contribution in [0, 0.1) is 0 Å². The van der Waals surface area contributed by atoms with Gasteiger partial charge in [0.25, 0.3) is 0 Å². The van der Waals surface area contributed by atoms with Crippen molar-refractivity contribution in [3.05, 3.63) is 0 Å². The number of nitrogens with zero attached hydrogens (tertiary/aromatic N) is 1. The van der Waals surface area contributed by atoms with Crippen molar-refractivity contribution < 1.29 is 4.74 Å². The monoisotopic (exact) mass is 242 g/mol. The Balaban J connectivity index is 2.64. The summed E-state index contributed by atoms with van der Waals surface area (Å²) in [6.07, 6.45) is 3.56. The minimum Gasteiger partial charge on any atom is -0.385 e. The maximum atomic E-state index is 5.21. The summed E-state index contributed by atoms with van der Waals surface area (Å²) in [4.78, 5) is 2.66. The Bertz CT molecular complexity index is 222. The zero-order chi connectivity index (χ0) is 12.9. The second-order valence-electron chi connectivity index (χ2n) is 5.78. The van der Waals surface area contributed by atoms with Crippen molar-refractivity contribution >= 4 is 0 Å². The Hall–Kier alpha value is -0.120. The summed E-state index contributed by atoms with van der Waals surface area (Å²) in [5.41, 5.74) is 0.270. The molecule has 1 N–H and O–H groups in total. The molecule has 102 valence electrons. The van der Waals surface area contributed by atoms with Crippen LogP contribution in [-0.2, 0) is 4.74 Å². The topological polar surface area (TPSA) is 24.5 Å². The fourth-order valence-electron chi connectivity index (χ4n) is 2.64. The standard InChI is InChI=1S/C14H30N2O/c1-6-14(4)11-16(12(2)7-9-15-14)13(3)8-10-17-5/h12-13,15H,6-11H2,1-5H3. The smallest absolute Gasteiger partial charge is 0.0477 e. The Kier molecular flexibility index (Phi) is 5.90. The lowest BCUT2D eigenvalue weighted by Crippen LogP contribution is -2.51. The highest BCUT2D eigenvalue weighted by Crippen LogP contribution is 2.22. The summed E-state index contributed by atoms with van der Waals surface area (Å²) < 4.78 is 5.21. The molecule has 0 aromatic rings. The van der Waals surface area contributed by atoms with E-state index in [1.54, 1.807) is 7.11 Å². The molecule has 3 heteroatoms. The van der Waals surface area contributed by atoms with Crippen LogP contribution in [0.4, 0.5) is 0 Å². The second-order valence-corrected chi connectivity index (χ2v) is 5.78. The largest absolute Gasteiger partial charge is 0.385 e. The molecule has 0 saturated carbocycles. The van der Waals surface area contributed by atoms with Crippen LogP contribution in [0.5, 0.6) is 0 Å². The van der Waals surface area contributed by atoms with Gasteiger partial charge in [-0.05, 0) is 46.6 Å². The van der Waals surface area contributed by atoms with Crippen molar-refractivity contribution in [2.75, 3.05) is 26.8 Å². The van der Waals surface area contributed by atoms with Gasteiger partial charge >= 0.3 is 0 Å². The van der Waals surface area contributed by atoms with E-state index >= 15 is 0 Å². The van der Waals surface area contributed by atoms with Crippen LogP contribution in [0.25, 0.3) is 0 Å². The Morgan fingerprint density at radius 1 is 1.53 bits per heavy atom. The van der Waals surface area contributed by atoms with Crippen molar-refractivity contribution in [1.82, 2.24) is 10.2 Å². The van der Waals surface area contributed by atoms with E-state index < -0.39 is 0 Å². The van der Waals surface area contributed by atoms with Crippen molar-refractivity contribution in [2.45, 2.75) is 64.6 Å². The first kappa shape index (κ1) is 14.9. The molecule has 0 aliphatic carbocycles. The normalized spacial score (nSPS) is 33.4. The lowest BCUT2D eigenvalue weighted by molar-refractivity contribution is 0.0942. The summed E-state index contributed by atoms with van der Waals surface area (Å²) in [5, 5.41) is 3.71. The first-order chi connectivity index (χ1) is 8.02. The first-order valence-corrected chi connectivity index (χ1v) is 7.02. The fraction of sp³-hybridized carbons (Fsp3) is 1.00. The molecule has 0 radical (unpaired) electrons. The Labute approximate surface area is 107 Å². The van der Waals surface area contributed by atoms with E-state index in [1.165, 1.54) is 12.8 Å². The van der Waals surface area contributed by atoms with Crippen molar-refractivity contribution in [2.24, 2.45) is 0 Å². The van der Waals surface area contributed by atoms with E-state index in [1.807, 2.05) is 0 Å². The highest BCUT2D eigenvalue weighted by molar-refractivity contribution is 4.92. The molecule has 17 heavy (non-hydrogen) atoms. The minimum atomic E-state index is 0.270. The van der Waals surface area contributed by atoms with Crippen LogP contribution < -0.4 is 5.32 Å². The zero-order valence-electron chi connectivity index (χ0n) is 12.3. The van der Waals surface area contributed by atoms with Gasteiger partial charge in [-0.1, -0.05) is 6.92 Å². The minimum absolute atomic E-state index is 0.270. The molecule has 3 atom stereocenters. The average molecular weight is 242 g/mol. The number of ether oxygens (including phenoxy) is 1. The molecule has 1 aliphatic heterocycles. The number of nitrogens with one attached hydrogen (secondary N) is 1. The summed E-state index contributed by atoms with van der Waals surface area (Å²) >= 11 is 0. The quantitative estimate of drug-likeness (QED) is 0.800.